The van der Waals surface area contributed by atoms with E-state index in [9.17, 15) is 0 Å². The van der Waals surface area contributed by atoms with Crippen LogP contribution in [0.4, 0.5) is 0 Å². The molecular formula is C16H30N2O. The fraction of sp³-hybridized carbons (Fsp3) is 1.00. The van der Waals surface area contributed by atoms with Crippen LogP contribution in [0.15, 0.2) is 0 Å². The highest BCUT2D eigenvalue weighted by molar-refractivity contribution is 4.99. The maximum Gasteiger partial charge on any atom is 0.0601 e. The maximum absolute atomic E-state index is 5.62. The molecule has 0 amide bonds. The van der Waals surface area contributed by atoms with E-state index in [2.05, 4.69) is 23.6 Å². The van der Waals surface area contributed by atoms with E-state index in [0.29, 0.717) is 6.10 Å². The number of fused-ring (bicyclic) bond motifs is 2. The summed E-state index contributed by atoms with van der Waals surface area (Å²) in [4.78, 5) is 5.54. The van der Waals surface area contributed by atoms with E-state index in [-0.39, 0.29) is 0 Å². The molecule has 0 aromatic heterocycles. The van der Waals surface area contributed by atoms with Crippen LogP contribution in [0.25, 0.3) is 0 Å². The van der Waals surface area contributed by atoms with Gasteiger partial charge < -0.3 is 9.64 Å². The van der Waals surface area contributed by atoms with Gasteiger partial charge in [-0.3, -0.25) is 4.90 Å². The van der Waals surface area contributed by atoms with Gasteiger partial charge in [0.15, 0.2) is 0 Å². The molecule has 19 heavy (non-hydrogen) atoms. The van der Waals surface area contributed by atoms with E-state index in [1.165, 1.54) is 51.6 Å². The normalized spacial score (nSPS) is 38.2. The molecule has 2 unspecified atom stereocenters. The summed E-state index contributed by atoms with van der Waals surface area (Å²) in [5.41, 5.74) is 0. The molecule has 110 valence electrons. The van der Waals surface area contributed by atoms with Crippen molar-refractivity contribution in [2.75, 3.05) is 20.2 Å². The van der Waals surface area contributed by atoms with Crippen molar-refractivity contribution in [3.8, 4) is 0 Å². The predicted octanol–water partition coefficient (Wildman–Crippen LogP) is 2.50. The van der Waals surface area contributed by atoms with Crippen LogP contribution >= 0.6 is 0 Å². The Kier molecular flexibility index (Phi) is 4.16. The minimum absolute atomic E-state index is 0.532. The third-order valence-electron chi connectivity index (χ3n) is 5.73. The third-order valence-corrected chi connectivity index (χ3v) is 5.73. The number of ether oxygens (including phenoxy) is 1. The largest absolute Gasteiger partial charge is 0.381 e. The molecule has 0 aromatic carbocycles. The lowest BCUT2D eigenvalue weighted by Crippen LogP contribution is -2.54. The summed E-state index contributed by atoms with van der Waals surface area (Å²) in [7, 11) is 1.89. The number of nitrogens with zero attached hydrogens (tertiary/aromatic N) is 2. The summed E-state index contributed by atoms with van der Waals surface area (Å²) in [6, 6.07) is 3.21. The standard InChI is InChI=1S/C16H30N2O/c1-12(2)17-8-6-13(7-9-17)18-14-4-5-15(18)11-16(10-14)19-3/h12-16H,4-11H2,1-3H3. The van der Waals surface area contributed by atoms with E-state index in [4.69, 9.17) is 4.74 Å². The molecule has 3 rings (SSSR count). The average molecular weight is 266 g/mol. The predicted molar refractivity (Wildman–Crippen MR) is 78.4 cm³/mol. The topological polar surface area (TPSA) is 15.7 Å². The van der Waals surface area contributed by atoms with E-state index in [1.807, 2.05) is 7.11 Å². The molecule has 3 aliphatic rings. The number of hydrogen-bond donors (Lipinski definition) is 0. The minimum Gasteiger partial charge on any atom is -0.381 e. The van der Waals surface area contributed by atoms with Gasteiger partial charge in [-0.25, -0.2) is 0 Å². The van der Waals surface area contributed by atoms with Gasteiger partial charge in [-0.2, -0.15) is 0 Å². The van der Waals surface area contributed by atoms with Crippen molar-refractivity contribution in [2.45, 2.75) is 82.6 Å². The molecule has 0 aromatic rings. The van der Waals surface area contributed by atoms with Gasteiger partial charge in [0.25, 0.3) is 0 Å². The van der Waals surface area contributed by atoms with Crippen LogP contribution in [0.5, 0.6) is 0 Å². The van der Waals surface area contributed by atoms with Gasteiger partial charge in [-0.05, 0) is 65.5 Å². The molecule has 0 spiro atoms. The van der Waals surface area contributed by atoms with Crippen molar-refractivity contribution in [1.29, 1.82) is 0 Å². The van der Waals surface area contributed by atoms with Gasteiger partial charge in [-0.1, -0.05) is 0 Å². The van der Waals surface area contributed by atoms with Crippen molar-refractivity contribution in [2.24, 2.45) is 0 Å². The average Bonchev–Trinajstić information content (AvgIpc) is 2.69. The van der Waals surface area contributed by atoms with Gasteiger partial charge in [0.1, 0.15) is 0 Å². The second-order valence-electron chi connectivity index (χ2n) is 7.02. The Hall–Kier alpha value is -0.120. The van der Waals surface area contributed by atoms with Crippen LogP contribution in [0, 0.1) is 0 Å². The lowest BCUT2D eigenvalue weighted by Gasteiger charge is -2.46. The van der Waals surface area contributed by atoms with Crippen LogP contribution < -0.4 is 0 Å². The summed E-state index contributed by atoms with van der Waals surface area (Å²) >= 11 is 0. The van der Waals surface area contributed by atoms with Gasteiger partial charge in [0.05, 0.1) is 6.10 Å². The number of methoxy groups -OCH3 is 1. The Morgan fingerprint density at radius 1 is 0.895 bits per heavy atom. The molecule has 3 heterocycles. The summed E-state index contributed by atoms with van der Waals surface area (Å²) in [6.07, 6.45) is 8.66. The fourth-order valence-electron chi connectivity index (χ4n) is 4.65. The Morgan fingerprint density at radius 2 is 1.47 bits per heavy atom. The van der Waals surface area contributed by atoms with Crippen molar-refractivity contribution in [3.63, 3.8) is 0 Å². The van der Waals surface area contributed by atoms with Crippen molar-refractivity contribution in [3.05, 3.63) is 0 Å². The fourth-order valence-corrected chi connectivity index (χ4v) is 4.65. The van der Waals surface area contributed by atoms with Gasteiger partial charge >= 0.3 is 0 Å². The maximum atomic E-state index is 5.62. The summed E-state index contributed by atoms with van der Waals surface area (Å²) < 4.78 is 5.62. The van der Waals surface area contributed by atoms with Gasteiger partial charge in [0.2, 0.25) is 0 Å². The molecule has 3 heteroatoms. The number of rotatable bonds is 3. The van der Waals surface area contributed by atoms with Crippen molar-refractivity contribution < 1.29 is 4.74 Å². The second kappa shape index (κ2) is 5.71. The Bertz CT molecular complexity index is 285. The zero-order valence-electron chi connectivity index (χ0n) is 12.8. The summed E-state index contributed by atoms with van der Waals surface area (Å²) in [6.45, 7) is 7.25. The quantitative estimate of drug-likeness (QED) is 0.780. The molecule has 2 atom stereocenters. The summed E-state index contributed by atoms with van der Waals surface area (Å²) in [5, 5.41) is 0. The molecule has 0 radical (unpaired) electrons. The zero-order chi connectivity index (χ0) is 13.4. The highest BCUT2D eigenvalue weighted by Gasteiger charge is 2.44. The number of likely N-dealkylation sites (tertiary alicyclic amines) is 1. The molecular weight excluding hydrogens is 236 g/mol. The first-order valence-corrected chi connectivity index (χ1v) is 8.23. The first-order valence-electron chi connectivity index (χ1n) is 8.23. The second-order valence-corrected chi connectivity index (χ2v) is 7.02. The molecule has 0 N–H and O–H groups in total. The highest BCUT2D eigenvalue weighted by Crippen LogP contribution is 2.40. The highest BCUT2D eigenvalue weighted by atomic mass is 16.5. The van der Waals surface area contributed by atoms with E-state index in [0.717, 1.165) is 24.2 Å². The lowest BCUT2D eigenvalue weighted by molar-refractivity contribution is -0.0270. The molecule has 3 nitrogen and oxygen atoms in total. The van der Waals surface area contributed by atoms with Crippen LogP contribution in [0.2, 0.25) is 0 Å². The van der Waals surface area contributed by atoms with Gasteiger partial charge in [0, 0.05) is 31.3 Å². The molecule has 3 fully saturated rings. The van der Waals surface area contributed by atoms with Crippen LogP contribution in [-0.4, -0.2) is 60.3 Å². The molecule has 0 saturated carbocycles. The van der Waals surface area contributed by atoms with E-state index >= 15 is 0 Å². The monoisotopic (exact) mass is 266 g/mol. The minimum atomic E-state index is 0.532. The van der Waals surface area contributed by atoms with E-state index in [1.54, 1.807) is 0 Å². The SMILES string of the molecule is COC1CC2CCC(C1)N2C1CCN(C(C)C)CC1. The molecule has 0 aliphatic carbocycles. The molecule has 3 aliphatic heterocycles. The zero-order valence-corrected chi connectivity index (χ0v) is 12.8. The first-order chi connectivity index (χ1) is 9.19. The number of hydrogen-bond acceptors (Lipinski definition) is 3. The Morgan fingerprint density at radius 3 is 1.95 bits per heavy atom. The lowest BCUT2D eigenvalue weighted by atomic mass is 9.93. The van der Waals surface area contributed by atoms with Crippen molar-refractivity contribution >= 4 is 0 Å². The molecule has 2 bridgehead atoms. The Balaban J connectivity index is 1.59. The number of piperidine rings is 2. The van der Waals surface area contributed by atoms with Crippen LogP contribution in [0.1, 0.15) is 52.4 Å². The third kappa shape index (κ3) is 2.70. The van der Waals surface area contributed by atoms with Crippen LogP contribution in [-0.2, 0) is 4.74 Å². The summed E-state index contributed by atoms with van der Waals surface area (Å²) in [5.74, 6) is 0. The van der Waals surface area contributed by atoms with E-state index < -0.39 is 0 Å². The smallest absolute Gasteiger partial charge is 0.0601 e. The first kappa shape index (κ1) is 13.8. The Labute approximate surface area is 118 Å². The van der Waals surface area contributed by atoms with Crippen LogP contribution in [0.3, 0.4) is 0 Å². The molecule has 3 saturated heterocycles. The van der Waals surface area contributed by atoms with Gasteiger partial charge in [-0.15, -0.1) is 0 Å². The van der Waals surface area contributed by atoms with Crippen molar-refractivity contribution in [1.82, 2.24) is 9.80 Å².